The Hall–Kier alpha value is -1.83. The number of rotatable bonds is 7. The maximum absolute atomic E-state index is 11.9. The predicted molar refractivity (Wildman–Crippen MR) is 117 cm³/mol. The van der Waals surface area contributed by atoms with Crippen LogP contribution in [0.5, 0.6) is 0 Å². The van der Waals surface area contributed by atoms with Crippen molar-refractivity contribution in [3.63, 3.8) is 0 Å². The molecule has 0 amide bonds. The molecular weight excluding hydrogens is 332 g/mol. The highest BCUT2D eigenvalue weighted by Crippen LogP contribution is 2.40. The van der Waals surface area contributed by atoms with E-state index in [0.717, 1.165) is 5.57 Å². The van der Waals surface area contributed by atoms with Gasteiger partial charge in [0.05, 0.1) is 0 Å². The Labute approximate surface area is 166 Å². The van der Waals surface area contributed by atoms with Crippen LogP contribution in [0.4, 0.5) is 0 Å². The van der Waals surface area contributed by atoms with E-state index in [2.05, 4.69) is 45.9 Å². The van der Waals surface area contributed by atoms with Gasteiger partial charge in [0.1, 0.15) is 6.10 Å². The quantitative estimate of drug-likeness (QED) is 0.271. The standard InChI is InChI=1S/C25H38O2/c1-18(2)22(6)27-24(26)17-20(4)12-9-11-19(3)14-15-23-21(5)13-10-16-25(23,7)8/h9,11-12,14-15,17-18,22H,10,13,16H2,1-8H3/b12-9+,15-14+,19-11+,20-17+. The summed E-state index contributed by atoms with van der Waals surface area (Å²) in [5.41, 5.74) is 5.33. The molecule has 0 heterocycles. The normalized spacial score (nSPS) is 20.0. The maximum atomic E-state index is 11.9. The number of hydrogen-bond acceptors (Lipinski definition) is 2. The molecule has 2 nitrogen and oxygen atoms in total. The number of carbonyl (C=O) groups is 1. The first-order valence-electron chi connectivity index (χ1n) is 10.1. The minimum absolute atomic E-state index is 0.0698. The molecule has 1 unspecified atom stereocenters. The molecular formula is C25H38O2. The Bertz CT molecular complexity index is 666. The van der Waals surface area contributed by atoms with Gasteiger partial charge in [-0.2, -0.15) is 0 Å². The van der Waals surface area contributed by atoms with Crippen molar-refractivity contribution in [3.05, 3.63) is 58.7 Å². The molecule has 0 radical (unpaired) electrons. The molecule has 0 aromatic carbocycles. The smallest absolute Gasteiger partial charge is 0.331 e. The molecule has 0 fully saturated rings. The topological polar surface area (TPSA) is 26.3 Å². The minimum Gasteiger partial charge on any atom is -0.459 e. The zero-order chi connectivity index (χ0) is 20.6. The summed E-state index contributed by atoms with van der Waals surface area (Å²) in [4.78, 5) is 11.9. The van der Waals surface area contributed by atoms with Crippen LogP contribution in [0.1, 0.15) is 74.7 Å². The number of esters is 1. The zero-order valence-electron chi connectivity index (χ0n) is 18.6. The molecule has 1 aliphatic rings. The van der Waals surface area contributed by atoms with Gasteiger partial charge < -0.3 is 4.74 Å². The van der Waals surface area contributed by atoms with Gasteiger partial charge in [0, 0.05) is 6.08 Å². The van der Waals surface area contributed by atoms with Gasteiger partial charge in [-0.15, -0.1) is 0 Å². The summed E-state index contributed by atoms with van der Waals surface area (Å²) in [7, 11) is 0. The van der Waals surface area contributed by atoms with Crippen LogP contribution in [0.25, 0.3) is 0 Å². The van der Waals surface area contributed by atoms with Crippen molar-refractivity contribution in [1.29, 1.82) is 0 Å². The van der Waals surface area contributed by atoms with E-state index in [1.807, 2.05) is 39.8 Å². The lowest BCUT2D eigenvalue weighted by molar-refractivity contribution is -0.144. The van der Waals surface area contributed by atoms with Gasteiger partial charge in [-0.1, -0.05) is 69.2 Å². The summed E-state index contributed by atoms with van der Waals surface area (Å²) >= 11 is 0. The van der Waals surface area contributed by atoms with E-state index in [1.165, 1.54) is 36.0 Å². The molecule has 0 bridgehead atoms. The van der Waals surface area contributed by atoms with E-state index in [4.69, 9.17) is 4.74 Å². The lowest BCUT2D eigenvalue weighted by Crippen LogP contribution is -2.19. The fourth-order valence-corrected chi connectivity index (χ4v) is 3.22. The molecule has 150 valence electrons. The van der Waals surface area contributed by atoms with E-state index in [0.29, 0.717) is 5.92 Å². The van der Waals surface area contributed by atoms with Crippen LogP contribution in [-0.4, -0.2) is 12.1 Å². The van der Waals surface area contributed by atoms with Gasteiger partial charge in [-0.3, -0.25) is 0 Å². The molecule has 2 heteroatoms. The highest BCUT2D eigenvalue weighted by atomic mass is 16.5. The van der Waals surface area contributed by atoms with Crippen LogP contribution in [0.3, 0.4) is 0 Å². The van der Waals surface area contributed by atoms with Crippen LogP contribution in [0.2, 0.25) is 0 Å². The second kappa shape index (κ2) is 10.5. The molecule has 0 spiro atoms. The Kier molecular flexibility index (Phi) is 9.02. The average Bonchev–Trinajstić information content (AvgIpc) is 2.53. The number of carbonyl (C=O) groups excluding carboxylic acids is 1. The van der Waals surface area contributed by atoms with Gasteiger partial charge in [0.15, 0.2) is 0 Å². The van der Waals surface area contributed by atoms with E-state index in [1.54, 1.807) is 6.08 Å². The molecule has 1 atom stereocenters. The summed E-state index contributed by atoms with van der Waals surface area (Å²) < 4.78 is 5.36. The molecule has 27 heavy (non-hydrogen) atoms. The van der Waals surface area contributed by atoms with Crippen molar-refractivity contribution < 1.29 is 9.53 Å². The average molecular weight is 371 g/mol. The molecule has 0 saturated heterocycles. The first-order valence-corrected chi connectivity index (χ1v) is 10.1. The third kappa shape index (κ3) is 8.15. The fourth-order valence-electron chi connectivity index (χ4n) is 3.22. The SMILES string of the molecule is CC1=C(/C=C/C(C)=C/C=C/C(C)=C/C(=O)OC(C)C(C)C)C(C)(C)CCC1. The summed E-state index contributed by atoms with van der Waals surface area (Å²) in [6.07, 6.45) is 15.7. The third-order valence-corrected chi connectivity index (χ3v) is 5.36. The summed E-state index contributed by atoms with van der Waals surface area (Å²) in [5.74, 6) is 0.0457. The van der Waals surface area contributed by atoms with E-state index >= 15 is 0 Å². The summed E-state index contributed by atoms with van der Waals surface area (Å²) in [5, 5.41) is 0. The van der Waals surface area contributed by atoms with Crippen molar-refractivity contribution in [1.82, 2.24) is 0 Å². The molecule has 1 rings (SSSR count). The molecule has 0 N–H and O–H groups in total. The van der Waals surface area contributed by atoms with Gasteiger partial charge in [-0.05, 0) is 69.4 Å². The highest BCUT2D eigenvalue weighted by molar-refractivity contribution is 5.83. The van der Waals surface area contributed by atoms with Gasteiger partial charge in [0.25, 0.3) is 0 Å². The van der Waals surface area contributed by atoms with Crippen LogP contribution in [0.15, 0.2) is 58.7 Å². The van der Waals surface area contributed by atoms with Crippen molar-refractivity contribution >= 4 is 5.97 Å². The second-order valence-corrected chi connectivity index (χ2v) is 8.81. The van der Waals surface area contributed by atoms with Crippen LogP contribution >= 0.6 is 0 Å². The number of ether oxygens (including phenoxy) is 1. The monoisotopic (exact) mass is 370 g/mol. The zero-order valence-corrected chi connectivity index (χ0v) is 18.6. The molecule has 0 saturated carbocycles. The van der Waals surface area contributed by atoms with Crippen molar-refractivity contribution in [2.24, 2.45) is 11.3 Å². The first-order chi connectivity index (χ1) is 12.5. The highest BCUT2D eigenvalue weighted by Gasteiger charge is 2.26. The second-order valence-electron chi connectivity index (χ2n) is 8.81. The van der Waals surface area contributed by atoms with Crippen LogP contribution in [-0.2, 0) is 9.53 Å². The van der Waals surface area contributed by atoms with Crippen molar-refractivity contribution in [2.75, 3.05) is 0 Å². The van der Waals surface area contributed by atoms with Crippen molar-refractivity contribution in [2.45, 2.75) is 80.8 Å². The van der Waals surface area contributed by atoms with Gasteiger partial charge in [-0.25, -0.2) is 4.79 Å². The number of allylic oxidation sites excluding steroid dienone is 9. The molecule has 0 aromatic rings. The third-order valence-electron chi connectivity index (χ3n) is 5.36. The Morgan fingerprint density at radius 3 is 2.37 bits per heavy atom. The number of hydrogen-bond donors (Lipinski definition) is 0. The molecule has 0 aromatic heterocycles. The van der Waals surface area contributed by atoms with Gasteiger partial charge in [0.2, 0.25) is 0 Å². The van der Waals surface area contributed by atoms with E-state index in [-0.39, 0.29) is 17.5 Å². The predicted octanol–water partition coefficient (Wildman–Crippen LogP) is 7.11. The Morgan fingerprint density at radius 1 is 1.11 bits per heavy atom. The first kappa shape index (κ1) is 23.2. The summed E-state index contributed by atoms with van der Waals surface area (Å²) in [6.45, 7) is 16.9. The molecule has 0 aliphatic heterocycles. The van der Waals surface area contributed by atoms with Crippen LogP contribution in [0, 0.1) is 11.3 Å². The van der Waals surface area contributed by atoms with Crippen LogP contribution < -0.4 is 0 Å². The lowest BCUT2D eigenvalue weighted by Gasteiger charge is -2.32. The largest absolute Gasteiger partial charge is 0.459 e. The van der Waals surface area contributed by atoms with E-state index in [9.17, 15) is 4.79 Å². The van der Waals surface area contributed by atoms with Gasteiger partial charge >= 0.3 is 5.97 Å². The minimum atomic E-state index is -0.277. The maximum Gasteiger partial charge on any atom is 0.331 e. The summed E-state index contributed by atoms with van der Waals surface area (Å²) in [6, 6.07) is 0. The lowest BCUT2D eigenvalue weighted by atomic mass is 9.72. The van der Waals surface area contributed by atoms with E-state index < -0.39 is 0 Å². The molecule has 1 aliphatic carbocycles. The Balaban J connectivity index is 2.70. The Morgan fingerprint density at radius 2 is 1.78 bits per heavy atom. The fraction of sp³-hybridized carbons (Fsp3) is 0.560. The van der Waals surface area contributed by atoms with Crippen molar-refractivity contribution in [3.8, 4) is 0 Å².